The highest BCUT2D eigenvalue weighted by atomic mass is 16.5. The lowest BCUT2D eigenvalue weighted by Crippen LogP contribution is -2.25. The number of hydrogen-bond acceptors (Lipinski definition) is 3. The van der Waals surface area contributed by atoms with Crippen molar-refractivity contribution in [3.05, 3.63) is 59.7 Å². The lowest BCUT2D eigenvalue weighted by Gasteiger charge is -2.09. The Morgan fingerprint density at radius 3 is 2.50 bits per heavy atom. The van der Waals surface area contributed by atoms with Gasteiger partial charge in [0.2, 0.25) is 0 Å². The maximum atomic E-state index is 12.1. The molecule has 0 aliphatic rings. The highest BCUT2D eigenvalue weighted by Gasteiger charge is 2.08. The molecule has 0 atom stereocenters. The van der Waals surface area contributed by atoms with E-state index in [4.69, 9.17) is 4.74 Å². The average molecular weight is 354 g/mol. The van der Waals surface area contributed by atoms with Crippen LogP contribution in [0.5, 0.6) is 5.75 Å². The SMILES string of the molecule is CCCCNC(=O)c1cccc(NC(=O)COc2ccc(CC)cc2)c1. The standard InChI is InChI=1S/C21H26N2O3/c1-3-5-13-22-21(25)17-7-6-8-18(14-17)23-20(24)15-26-19-11-9-16(4-2)10-12-19/h6-12,14H,3-5,13,15H2,1-2H3,(H,22,25)(H,23,24). The second-order valence-corrected chi connectivity index (χ2v) is 6.02. The largest absolute Gasteiger partial charge is 0.484 e. The van der Waals surface area contributed by atoms with Gasteiger partial charge in [0.25, 0.3) is 11.8 Å². The van der Waals surface area contributed by atoms with Gasteiger partial charge < -0.3 is 15.4 Å². The van der Waals surface area contributed by atoms with Gasteiger partial charge >= 0.3 is 0 Å². The van der Waals surface area contributed by atoms with Crippen molar-refractivity contribution in [2.45, 2.75) is 33.1 Å². The third kappa shape index (κ3) is 6.24. The van der Waals surface area contributed by atoms with Gasteiger partial charge in [0.05, 0.1) is 0 Å². The van der Waals surface area contributed by atoms with E-state index in [0.717, 1.165) is 19.3 Å². The molecule has 0 aliphatic carbocycles. The molecule has 0 radical (unpaired) electrons. The minimum atomic E-state index is -0.270. The number of aryl methyl sites for hydroxylation is 1. The summed E-state index contributed by atoms with van der Waals surface area (Å²) in [7, 11) is 0. The molecule has 138 valence electrons. The number of carbonyl (C=O) groups is 2. The van der Waals surface area contributed by atoms with Gasteiger partial charge in [0.15, 0.2) is 6.61 Å². The van der Waals surface area contributed by atoms with Gasteiger partial charge in [-0.15, -0.1) is 0 Å². The fraction of sp³-hybridized carbons (Fsp3) is 0.333. The number of amides is 2. The molecule has 0 saturated carbocycles. The fourth-order valence-electron chi connectivity index (χ4n) is 2.39. The molecule has 2 rings (SSSR count). The Hall–Kier alpha value is -2.82. The van der Waals surface area contributed by atoms with E-state index in [-0.39, 0.29) is 18.4 Å². The first-order valence-corrected chi connectivity index (χ1v) is 9.02. The van der Waals surface area contributed by atoms with Crippen LogP contribution in [0.3, 0.4) is 0 Å². The molecule has 0 saturated heterocycles. The summed E-state index contributed by atoms with van der Waals surface area (Å²) in [5.74, 6) is 0.247. The number of unbranched alkanes of at least 4 members (excludes halogenated alkanes) is 1. The van der Waals surface area contributed by atoms with Crippen LogP contribution < -0.4 is 15.4 Å². The maximum Gasteiger partial charge on any atom is 0.262 e. The molecule has 2 aromatic rings. The van der Waals surface area contributed by atoms with Gasteiger partial charge in [-0.3, -0.25) is 9.59 Å². The van der Waals surface area contributed by atoms with Crippen LogP contribution >= 0.6 is 0 Å². The minimum Gasteiger partial charge on any atom is -0.484 e. The Morgan fingerprint density at radius 2 is 1.81 bits per heavy atom. The van der Waals surface area contributed by atoms with Crippen LogP contribution in [0.15, 0.2) is 48.5 Å². The van der Waals surface area contributed by atoms with E-state index >= 15 is 0 Å². The first kappa shape index (κ1) is 19.5. The zero-order valence-electron chi connectivity index (χ0n) is 15.4. The van der Waals surface area contributed by atoms with Crippen molar-refractivity contribution in [3.8, 4) is 5.75 Å². The Balaban J connectivity index is 1.86. The molecular formula is C21H26N2O3. The Labute approximate surface area is 154 Å². The number of hydrogen-bond donors (Lipinski definition) is 2. The van der Waals surface area contributed by atoms with E-state index in [2.05, 4.69) is 24.5 Å². The molecule has 5 heteroatoms. The third-order valence-corrected chi connectivity index (χ3v) is 3.93. The predicted molar refractivity (Wildman–Crippen MR) is 104 cm³/mol. The van der Waals surface area contributed by atoms with Crippen LogP contribution in [0, 0.1) is 0 Å². The summed E-state index contributed by atoms with van der Waals surface area (Å²) in [6.45, 7) is 4.72. The summed E-state index contributed by atoms with van der Waals surface area (Å²) in [5.41, 5.74) is 2.31. The fourth-order valence-corrected chi connectivity index (χ4v) is 2.39. The van der Waals surface area contributed by atoms with Crippen molar-refractivity contribution in [1.29, 1.82) is 0 Å². The van der Waals surface area contributed by atoms with Crippen LogP contribution in [0.4, 0.5) is 5.69 Å². The van der Waals surface area contributed by atoms with E-state index in [1.807, 2.05) is 24.3 Å². The number of ether oxygens (including phenoxy) is 1. The van der Waals surface area contributed by atoms with E-state index < -0.39 is 0 Å². The quantitative estimate of drug-likeness (QED) is 0.673. The van der Waals surface area contributed by atoms with Crippen molar-refractivity contribution in [3.63, 3.8) is 0 Å². The Morgan fingerprint density at radius 1 is 1.04 bits per heavy atom. The van der Waals surface area contributed by atoms with Crippen molar-refractivity contribution >= 4 is 17.5 Å². The molecule has 26 heavy (non-hydrogen) atoms. The van der Waals surface area contributed by atoms with Crippen molar-refractivity contribution in [2.75, 3.05) is 18.5 Å². The van der Waals surface area contributed by atoms with Gasteiger partial charge in [-0.1, -0.05) is 38.5 Å². The number of rotatable bonds is 9. The van der Waals surface area contributed by atoms with E-state index in [1.165, 1.54) is 5.56 Å². The summed E-state index contributed by atoms with van der Waals surface area (Å²) in [5, 5.41) is 5.61. The first-order valence-electron chi connectivity index (χ1n) is 9.02. The zero-order chi connectivity index (χ0) is 18.8. The molecule has 5 nitrogen and oxygen atoms in total. The first-order chi connectivity index (χ1) is 12.6. The third-order valence-electron chi connectivity index (χ3n) is 3.93. The molecular weight excluding hydrogens is 328 g/mol. The lowest BCUT2D eigenvalue weighted by atomic mass is 10.2. The van der Waals surface area contributed by atoms with E-state index in [0.29, 0.717) is 23.5 Å². The van der Waals surface area contributed by atoms with Gasteiger partial charge in [-0.2, -0.15) is 0 Å². The van der Waals surface area contributed by atoms with Gasteiger partial charge in [0, 0.05) is 17.8 Å². The Bertz CT molecular complexity index is 726. The second-order valence-electron chi connectivity index (χ2n) is 6.02. The summed E-state index contributed by atoms with van der Waals surface area (Å²) in [6, 6.07) is 14.5. The van der Waals surface area contributed by atoms with Crippen molar-refractivity contribution < 1.29 is 14.3 Å². The maximum absolute atomic E-state index is 12.1. The lowest BCUT2D eigenvalue weighted by molar-refractivity contribution is -0.118. The molecule has 0 spiro atoms. The van der Waals surface area contributed by atoms with Gasteiger partial charge in [-0.25, -0.2) is 0 Å². The number of benzene rings is 2. The summed E-state index contributed by atoms with van der Waals surface area (Å²) in [4.78, 5) is 24.1. The Kier molecular flexibility index (Phi) is 7.68. The highest BCUT2D eigenvalue weighted by molar-refractivity contribution is 5.97. The smallest absolute Gasteiger partial charge is 0.262 e. The summed E-state index contributed by atoms with van der Waals surface area (Å²) in [6.07, 6.45) is 2.93. The van der Waals surface area contributed by atoms with E-state index in [1.54, 1.807) is 24.3 Å². The van der Waals surface area contributed by atoms with Gasteiger partial charge in [0.1, 0.15) is 5.75 Å². The molecule has 0 aliphatic heterocycles. The molecule has 0 aromatic heterocycles. The van der Waals surface area contributed by atoms with Crippen LogP contribution in [-0.4, -0.2) is 25.0 Å². The molecule has 0 fully saturated rings. The second kappa shape index (κ2) is 10.2. The van der Waals surface area contributed by atoms with Crippen LogP contribution in [0.25, 0.3) is 0 Å². The highest BCUT2D eigenvalue weighted by Crippen LogP contribution is 2.13. The molecule has 2 N–H and O–H groups in total. The summed E-state index contributed by atoms with van der Waals surface area (Å²) < 4.78 is 5.49. The van der Waals surface area contributed by atoms with Crippen molar-refractivity contribution in [1.82, 2.24) is 5.32 Å². The molecule has 2 aromatic carbocycles. The minimum absolute atomic E-state index is 0.0849. The average Bonchev–Trinajstić information content (AvgIpc) is 2.67. The van der Waals surface area contributed by atoms with Crippen LogP contribution in [-0.2, 0) is 11.2 Å². The monoisotopic (exact) mass is 354 g/mol. The number of anilines is 1. The molecule has 0 heterocycles. The molecule has 0 bridgehead atoms. The normalized spacial score (nSPS) is 10.2. The number of nitrogens with one attached hydrogen (secondary N) is 2. The summed E-state index contributed by atoms with van der Waals surface area (Å²) >= 11 is 0. The van der Waals surface area contributed by atoms with Gasteiger partial charge in [-0.05, 0) is 48.7 Å². The predicted octanol–water partition coefficient (Wildman–Crippen LogP) is 3.80. The molecule has 2 amide bonds. The van der Waals surface area contributed by atoms with Crippen LogP contribution in [0.1, 0.15) is 42.6 Å². The zero-order valence-corrected chi connectivity index (χ0v) is 15.4. The van der Waals surface area contributed by atoms with Crippen LogP contribution in [0.2, 0.25) is 0 Å². The number of carbonyl (C=O) groups excluding carboxylic acids is 2. The van der Waals surface area contributed by atoms with E-state index in [9.17, 15) is 9.59 Å². The molecule has 0 unspecified atom stereocenters. The topological polar surface area (TPSA) is 67.4 Å². The van der Waals surface area contributed by atoms with Crippen molar-refractivity contribution in [2.24, 2.45) is 0 Å².